The van der Waals surface area contributed by atoms with Gasteiger partial charge in [0.25, 0.3) is 0 Å². The molecule has 1 saturated heterocycles. The van der Waals surface area contributed by atoms with E-state index in [0.29, 0.717) is 30.6 Å². The number of alkyl halides is 1. The highest BCUT2D eigenvalue weighted by molar-refractivity contribution is 5.86. The minimum absolute atomic E-state index is 0.189. The Kier molecular flexibility index (Phi) is 5.02. The van der Waals surface area contributed by atoms with Crippen molar-refractivity contribution in [2.45, 2.75) is 37.9 Å². The lowest BCUT2D eigenvalue weighted by atomic mass is 9.94. The second kappa shape index (κ2) is 7.09. The molecule has 2 fully saturated rings. The van der Waals surface area contributed by atoms with E-state index in [1.165, 1.54) is 19.2 Å². The molecule has 0 radical (unpaired) electrons. The predicted molar refractivity (Wildman–Crippen MR) is 89.4 cm³/mol. The van der Waals surface area contributed by atoms with Gasteiger partial charge in [-0.15, -0.1) is 0 Å². The first-order valence-electron chi connectivity index (χ1n) is 8.59. The molecule has 8 heteroatoms. The Morgan fingerprint density at radius 1 is 1.38 bits per heavy atom. The van der Waals surface area contributed by atoms with E-state index in [4.69, 9.17) is 9.84 Å². The Balaban J connectivity index is 1.63. The Labute approximate surface area is 150 Å². The molecule has 0 bridgehead atoms. The van der Waals surface area contributed by atoms with Gasteiger partial charge < -0.3 is 20.1 Å². The van der Waals surface area contributed by atoms with Gasteiger partial charge in [-0.3, -0.25) is 4.79 Å². The van der Waals surface area contributed by atoms with Gasteiger partial charge in [-0.2, -0.15) is 0 Å². The van der Waals surface area contributed by atoms with E-state index in [2.05, 4.69) is 5.32 Å². The van der Waals surface area contributed by atoms with Gasteiger partial charge in [0.05, 0.1) is 25.1 Å². The molecule has 3 rings (SSSR count). The Hall–Kier alpha value is -2.38. The second-order valence-electron chi connectivity index (χ2n) is 7.07. The van der Waals surface area contributed by atoms with Crippen molar-refractivity contribution in [3.63, 3.8) is 0 Å². The molecular weight excluding hydrogens is 346 g/mol. The maximum Gasteiger partial charge on any atom is 0.407 e. The normalized spacial score (nSPS) is 24.0. The highest BCUT2D eigenvalue weighted by Gasteiger charge is 2.50. The monoisotopic (exact) mass is 368 g/mol. The van der Waals surface area contributed by atoms with Gasteiger partial charge in [0.15, 0.2) is 0 Å². The van der Waals surface area contributed by atoms with Gasteiger partial charge in [-0.1, -0.05) is 0 Å². The summed E-state index contributed by atoms with van der Waals surface area (Å²) in [4.78, 5) is 24.6. The fourth-order valence-corrected chi connectivity index (χ4v) is 3.43. The standard InChI is InChI=1S/C18H22F2N2O4/c1-26-13-7-11(6-12(19)8-13)9-18(3-4-18)16(23)21-15-2-5-22(17(24)25)10-14(15)20/h6-8,14-15H,2-5,9-10H2,1H3,(H,21,23)(H,24,25)/t14-,15-/m0/s1. The van der Waals surface area contributed by atoms with E-state index in [9.17, 15) is 18.4 Å². The number of carboxylic acid groups (broad SMARTS) is 1. The highest BCUT2D eigenvalue weighted by atomic mass is 19.1. The van der Waals surface area contributed by atoms with E-state index < -0.39 is 29.5 Å². The van der Waals surface area contributed by atoms with E-state index in [-0.39, 0.29) is 25.4 Å². The lowest BCUT2D eigenvalue weighted by molar-refractivity contribution is -0.128. The average Bonchev–Trinajstić information content (AvgIpc) is 3.36. The summed E-state index contributed by atoms with van der Waals surface area (Å²) < 4.78 is 32.9. The van der Waals surface area contributed by atoms with Gasteiger partial charge in [-0.25, -0.2) is 13.6 Å². The van der Waals surface area contributed by atoms with Crippen molar-refractivity contribution >= 4 is 12.0 Å². The van der Waals surface area contributed by atoms with Crippen LogP contribution in [0.3, 0.4) is 0 Å². The van der Waals surface area contributed by atoms with E-state index in [0.717, 1.165) is 4.90 Å². The van der Waals surface area contributed by atoms with Gasteiger partial charge in [0.2, 0.25) is 5.91 Å². The van der Waals surface area contributed by atoms with Crippen LogP contribution in [0.4, 0.5) is 13.6 Å². The lowest BCUT2D eigenvalue weighted by Crippen LogP contribution is -2.54. The number of benzene rings is 1. The van der Waals surface area contributed by atoms with Crippen LogP contribution in [0.15, 0.2) is 18.2 Å². The number of hydrogen-bond acceptors (Lipinski definition) is 3. The molecule has 0 unspecified atom stereocenters. The second-order valence-corrected chi connectivity index (χ2v) is 7.07. The van der Waals surface area contributed by atoms with Crippen LogP contribution in [0, 0.1) is 11.2 Å². The number of carbonyl (C=O) groups excluding carboxylic acids is 1. The molecule has 1 aliphatic heterocycles. The van der Waals surface area contributed by atoms with Gasteiger partial charge >= 0.3 is 6.09 Å². The predicted octanol–water partition coefficient (Wildman–Crippen LogP) is 2.36. The average molecular weight is 368 g/mol. The molecule has 142 valence electrons. The molecule has 26 heavy (non-hydrogen) atoms. The molecule has 2 amide bonds. The maximum atomic E-state index is 14.2. The maximum absolute atomic E-state index is 14.2. The third-order valence-electron chi connectivity index (χ3n) is 5.17. The molecule has 2 aliphatic rings. The zero-order chi connectivity index (χ0) is 18.9. The van der Waals surface area contributed by atoms with Crippen molar-refractivity contribution in [3.05, 3.63) is 29.6 Å². The lowest BCUT2D eigenvalue weighted by Gasteiger charge is -2.34. The minimum Gasteiger partial charge on any atom is -0.497 e. The fraction of sp³-hybridized carbons (Fsp3) is 0.556. The van der Waals surface area contributed by atoms with Crippen LogP contribution >= 0.6 is 0 Å². The van der Waals surface area contributed by atoms with Crippen molar-refractivity contribution in [1.29, 1.82) is 0 Å². The number of nitrogens with one attached hydrogen (secondary N) is 1. The summed E-state index contributed by atoms with van der Waals surface area (Å²) in [5.41, 5.74) is 0.00891. The SMILES string of the molecule is COc1cc(F)cc(CC2(C(=O)N[C@H]3CCN(C(=O)O)C[C@@H]3F)CC2)c1. The molecule has 1 aromatic rings. The molecule has 2 N–H and O–H groups in total. The zero-order valence-corrected chi connectivity index (χ0v) is 14.5. The molecule has 1 aliphatic carbocycles. The fourth-order valence-electron chi connectivity index (χ4n) is 3.43. The summed E-state index contributed by atoms with van der Waals surface area (Å²) in [6, 6.07) is 3.64. The summed E-state index contributed by atoms with van der Waals surface area (Å²) in [5, 5.41) is 11.7. The quantitative estimate of drug-likeness (QED) is 0.836. The third-order valence-corrected chi connectivity index (χ3v) is 5.17. The molecular formula is C18H22F2N2O4. The van der Waals surface area contributed by atoms with Crippen LogP contribution in [0.2, 0.25) is 0 Å². The molecule has 6 nitrogen and oxygen atoms in total. The summed E-state index contributed by atoms with van der Waals surface area (Å²) in [6.07, 6.45) is -0.684. The van der Waals surface area contributed by atoms with Crippen molar-refractivity contribution < 1.29 is 28.2 Å². The first-order valence-corrected chi connectivity index (χ1v) is 8.59. The number of halogens is 2. The molecule has 0 spiro atoms. The number of methoxy groups -OCH3 is 1. The number of nitrogens with zero attached hydrogens (tertiary/aromatic N) is 1. The van der Waals surface area contributed by atoms with Crippen molar-refractivity contribution in [2.75, 3.05) is 20.2 Å². The minimum atomic E-state index is -1.44. The topological polar surface area (TPSA) is 78.9 Å². The summed E-state index contributed by atoms with van der Waals surface area (Å²) in [6.45, 7) is -0.0524. The van der Waals surface area contributed by atoms with Crippen LogP contribution in [0.5, 0.6) is 5.75 Å². The van der Waals surface area contributed by atoms with Crippen molar-refractivity contribution in [1.82, 2.24) is 10.2 Å². The third kappa shape index (κ3) is 3.89. The van der Waals surface area contributed by atoms with Crippen LogP contribution in [0.1, 0.15) is 24.8 Å². The van der Waals surface area contributed by atoms with Gasteiger partial charge in [0.1, 0.15) is 17.7 Å². The van der Waals surface area contributed by atoms with Crippen LogP contribution in [0.25, 0.3) is 0 Å². The summed E-state index contributed by atoms with van der Waals surface area (Å²) in [5.74, 6) is -0.293. The molecule has 1 saturated carbocycles. The number of likely N-dealkylation sites (tertiary alicyclic amines) is 1. The first-order chi connectivity index (χ1) is 12.3. The zero-order valence-electron chi connectivity index (χ0n) is 14.5. The van der Waals surface area contributed by atoms with Crippen LogP contribution in [-0.4, -0.2) is 54.4 Å². The number of piperidine rings is 1. The van der Waals surface area contributed by atoms with E-state index >= 15 is 0 Å². The van der Waals surface area contributed by atoms with E-state index in [1.54, 1.807) is 6.07 Å². The number of amides is 2. The van der Waals surface area contributed by atoms with Gasteiger partial charge in [-0.05, 0) is 43.4 Å². The number of ether oxygens (including phenoxy) is 1. The first kappa shape index (κ1) is 18.4. The Morgan fingerprint density at radius 2 is 2.12 bits per heavy atom. The molecule has 1 aromatic carbocycles. The Bertz CT molecular complexity index is 708. The van der Waals surface area contributed by atoms with Gasteiger partial charge in [0, 0.05) is 12.6 Å². The number of hydrogen-bond donors (Lipinski definition) is 2. The summed E-state index contributed by atoms with van der Waals surface area (Å²) in [7, 11) is 1.45. The largest absolute Gasteiger partial charge is 0.497 e. The van der Waals surface area contributed by atoms with Crippen molar-refractivity contribution in [3.8, 4) is 5.75 Å². The number of carbonyl (C=O) groups is 2. The molecule has 0 aromatic heterocycles. The highest BCUT2D eigenvalue weighted by Crippen LogP contribution is 2.49. The molecule has 1 heterocycles. The van der Waals surface area contributed by atoms with Crippen molar-refractivity contribution in [2.24, 2.45) is 5.41 Å². The number of rotatable bonds is 5. The van der Waals surface area contributed by atoms with Crippen LogP contribution in [-0.2, 0) is 11.2 Å². The Morgan fingerprint density at radius 3 is 2.69 bits per heavy atom. The summed E-state index contributed by atoms with van der Waals surface area (Å²) >= 11 is 0. The molecule has 2 atom stereocenters. The van der Waals surface area contributed by atoms with Crippen LogP contribution < -0.4 is 10.1 Å². The smallest absolute Gasteiger partial charge is 0.407 e. The van der Waals surface area contributed by atoms with E-state index in [1.807, 2.05) is 0 Å².